The van der Waals surface area contributed by atoms with Crippen LogP contribution >= 0.6 is 0 Å². The zero-order chi connectivity index (χ0) is 36.4. The number of carbonyl (C=O) groups is 6. The largest absolute Gasteiger partial charge is 0.347 e. The highest BCUT2D eigenvalue weighted by Gasteiger charge is 2.59. The molecule has 2 unspecified atom stereocenters. The second kappa shape index (κ2) is 16.2. The molecule has 0 radical (unpaired) electrons. The van der Waals surface area contributed by atoms with Gasteiger partial charge in [0.15, 0.2) is 0 Å². The van der Waals surface area contributed by atoms with Crippen molar-refractivity contribution < 1.29 is 28.8 Å². The molecule has 1 aromatic heterocycles. The smallest absolute Gasteiger partial charge is 0.289 e. The van der Waals surface area contributed by atoms with E-state index >= 15 is 0 Å². The SMILES string of the molecule is C.CCC[C@H](NC(=O)[C@@H]1[C@H]2C3C=CC(C3)[C@H]2CN1C(=O)[C@@H](NC(=O)[C@@H](NC(=O)c1cnccn1)C1CCCCC1)C(C)(C)C)C(=O)C(=O)NC1CC1. The topological polar surface area (TPSA) is 180 Å². The third kappa shape index (κ3) is 8.39. The van der Waals surface area contributed by atoms with Crippen LogP contribution in [0.3, 0.4) is 0 Å². The zero-order valence-electron chi connectivity index (χ0n) is 30.2. The highest BCUT2D eigenvalue weighted by atomic mass is 16.2. The molecule has 2 heterocycles. The molecule has 2 bridgehead atoms. The van der Waals surface area contributed by atoms with Crippen LogP contribution in [-0.4, -0.2) is 86.9 Å². The Labute approximate surface area is 307 Å². The van der Waals surface area contributed by atoms with Crippen molar-refractivity contribution in [3.05, 3.63) is 36.4 Å². The fourth-order valence-electron chi connectivity index (χ4n) is 8.78. The van der Waals surface area contributed by atoms with E-state index in [0.717, 1.165) is 51.4 Å². The maximum Gasteiger partial charge on any atom is 0.289 e. The maximum absolute atomic E-state index is 14.8. The van der Waals surface area contributed by atoms with E-state index in [1.165, 1.54) is 18.6 Å². The van der Waals surface area contributed by atoms with Crippen LogP contribution in [0.4, 0.5) is 0 Å². The van der Waals surface area contributed by atoms with Gasteiger partial charge in [-0.1, -0.05) is 73.0 Å². The summed E-state index contributed by atoms with van der Waals surface area (Å²) in [7, 11) is 0. The molecule has 4 fully saturated rings. The van der Waals surface area contributed by atoms with Gasteiger partial charge in [-0.2, -0.15) is 0 Å². The molecule has 1 aliphatic heterocycles. The molecule has 5 amide bonds. The number of fused-ring (bicyclic) bond motifs is 5. The molecule has 6 rings (SSSR count). The van der Waals surface area contributed by atoms with Crippen molar-refractivity contribution in [1.29, 1.82) is 0 Å². The van der Waals surface area contributed by atoms with Gasteiger partial charge in [-0.05, 0) is 73.5 Å². The first-order chi connectivity index (χ1) is 24.4. The number of aromatic nitrogens is 2. The van der Waals surface area contributed by atoms with Gasteiger partial charge < -0.3 is 26.2 Å². The lowest BCUT2D eigenvalue weighted by Gasteiger charge is -2.38. The molecule has 52 heavy (non-hydrogen) atoms. The molecule has 1 saturated heterocycles. The average Bonchev–Trinajstić information content (AvgIpc) is 3.49. The molecule has 4 aliphatic carbocycles. The maximum atomic E-state index is 14.8. The van der Waals surface area contributed by atoms with Crippen LogP contribution in [0.25, 0.3) is 0 Å². The Morgan fingerprint density at radius 1 is 0.923 bits per heavy atom. The lowest BCUT2D eigenvalue weighted by molar-refractivity contribution is -0.146. The first kappa shape index (κ1) is 39.1. The van der Waals surface area contributed by atoms with Crippen LogP contribution in [-0.2, 0) is 24.0 Å². The minimum Gasteiger partial charge on any atom is -0.347 e. The average molecular weight is 720 g/mol. The van der Waals surface area contributed by atoms with Crippen LogP contribution < -0.4 is 21.3 Å². The molecule has 5 aliphatic rings. The number of Topliss-reactive ketones (excluding diaryl/α,β-unsaturated/α-hetero) is 1. The number of rotatable bonds is 13. The molecular weight excluding hydrogens is 662 g/mol. The van der Waals surface area contributed by atoms with Crippen molar-refractivity contribution in [1.82, 2.24) is 36.1 Å². The molecule has 3 saturated carbocycles. The highest BCUT2D eigenvalue weighted by molar-refractivity contribution is 6.38. The lowest BCUT2D eigenvalue weighted by Crippen LogP contribution is -2.62. The number of hydrogen-bond donors (Lipinski definition) is 4. The number of nitrogens with one attached hydrogen (secondary N) is 4. The minimum atomic E-state index is -1.01. The molecule has 0 spiro atoms. The van der Waals surface area contributed by atoms with E-state index in [-0.39, 0.29) is 54.7 Å². The van der Waals surface area contributed by atoms with Gasteiger partial charge in [0.2, 0.25) is 23.5 Å². The van der Waals surface area contributed by atoms with Crippen molar-refractivity contribution in [3.8, 4) is 0 Å². The summed E-state index contributed by atoms with van der Waals surface area (Å²) >= 11 is 0. The Morgan fingerprint density at radius 3 is 2.27 bits per heavy atom. The van der Waals surface area contributed by atoms with Crippen molar-refractivity contribution >= 4 is 35.3 Å². The van der Waals surface area contributed by atoms with Gasteiger partial charge in [0.1, 0.15) is 23.8 Å². The summed E-state index contributed by atoms with van der Waals surface area (Å²) in [4.78, 5) is 92.3. The van der Waals surface area contributed by atoms with Gasteiger partial charge in [-0.3, -0.25) is 33.8 Å². The second-order valence-electron chi connectivity index (χ2n) is 16.3. The summed E-state index contributed by atoms with van der Waals surface area (Å²) in [6.07, 6.45) is 16.5. The van der Waals surface area contributed by atoms with Crippen molar-refractivity contribution in [2.75, 3.05) is 6.54 Å². The first-order valence-corrected chi connectivity index (χ1v) is 18.9. The molecule has 4 N–H and O–H groups in total. The van der Waals surface area contributed by atoms with Gasteiger partial charge in [0.05, 0.1) is 12.2 Å². The summed E-state index contributed by atoms with van der Waals surface area (Å²) < 4.78 is 0. The third-order valence-electron chi connectivity index (χ3n) is 11.6. The van der Waals surface area contributed by atoms with E-state index in [2.05, 4.69) is 43.4 Å². The summed E-state index contributed by atoms with van der Waals surface area (Å²) in [6.45, 7) is 7.85. The monoisotopic (exact) mass is 719 g/mol. The number of nitrogens with zero attached hydrogens (tertiary/aromatic N) is 3. The predicted octanol–water partition coefficient (Wildman–Crippen LogP) is 3.10. The Kier molecular flexibility index (Phi) is 12.2. The predicted molar refractivity (Wildman–Crippen MR) is 194 cm³/mol. The number of allylic oxidation sites excluding steroid dienone is 2. The number of ketones is 1. The van der Waals surface area contributed by atoms with E-state index in [9.17, 15) is 28.8 Å². The Balaban J connectivity index is 0.00000523. The second-order valence-corrected chi connectivity index (χ2v) is 16.3. The van der Waals surface area contributed by atoms with Crippen LogP contribution in [0.15, 0.2) is 30.7 Å². The third-order valence-corrected chi connectivity index (χ3v) is 11.6. The van der Waals surface area contributed by atoms with Gasteiger partial charge in [0.25, 0.3) is 11.8 Å². The summed E-state index contributed by atoms with van der Waals surface area (Å²) in [5, 5.41) is 11.6. The summed E-state index contributed by atoms with van der Waals surface area (Å²) in [5.74, 6) is -2.99. The number of hydrogen-bond acceptors (Lipinski definition) is 8. The van der Waals surface area contributed by atoms with Gasteiger partial charge in [-0.25, -0.2) is 4.98 Å². The molecule has 0 aromatic carbocycles. The van der Waals surface area contributed by atoms with Crippen LogP contribution in [0.1, 0.15) is 110 Å². The molecule has 13 heteroatoms. The molecule has 8 atom stereocenters. The zero-order valence-corrected chi connectivity index (χ0v) is 30.2. The van der Waals surface area contributed by atoms with E-state index in [4.69, 9.17) is 0 Å². The van der Waals surface area contributed by atoms with Gasteiger partial charge in [0, 0.05) is 25.0 Å². The van der Waals surface area contributed by atoms with Gasteiger partial charge >= 0.3 is 0 Å². The summed E-state index contributed by atoms with van der Waals surface area (Å²) in [5.41, 5.74) is -0.656. The van der Waals surface area contributed by atoms with Crippen LogP contribution in [0.5, 0.6) is 0 Å². The Hall–Kier alpha value is -4.16. The molecule has 284 valence electrons. The first-order valence-electron chi connectivity index (χ1n) is 18.9. The fraction of sp³-hybridized carbons (Fsp3) is 0.692. The quantitative estimate of drug-likeness (QED) is 0.177. The summed E-state index contributed by atoms with van der Waals surface area (Å²) in [6, 6.07) is -3.77. The standard InChI is InChI=1S/C38H53N7O6.CH4/c1-5-9-26(31(46)36(50)41-24-14-15-24)42-35(49)30-28-23-13-12-22(18-23)25(28)20-45(30)37(51)32(38(2,3)4)44-34(48)29(21-10-7-6-8-11-21)43-33(47)27-19-39-16-17-40-27;/h12-13,16-17,19,21-26,28-30,32H,5-11,14-15,18,20H2,1-4H3,(H,41,50)(H,42,49)(H,43,47)(H,44,48);1H4/t22?,23?,25-,26+,28+,29+,30+,32-;/m1./s1. The fourth-order valence-corrected chi connectivity index (χ4v) is 8.78. The molecule has 13 nitrogen and oxygen atoms in total. The Bertz CT molecular complexity index is 1530. The lowest BCUT2D eigenvalue weighted by atomic mass is 9.81. The molecule has 1 aromatic rings. The van der Waals surface area contributed by atoms with E-state index in [1.54, 1.807) is 4.90 Å². The minimum absolute atomic E-state index is 0. The van der Waals surface area contributed by atoms with Crippen molar-refractivity contribution in [2.45, 2.75) is 130 Å². The molecular formula is C39H57N7O6. The van der Waals surface area contributed by atoms with Crippen LogP contribution in [0.2, 0.25) is 0 Å². The van der Waals surface area contributed by atoms with E-state index in [1.807, 2.05) is 27.7 Å². The number of carbonyl (C=O) groups excluding carboxylic acids is 6. The normalized spacial score (nSPS) is 26.7. The number of amides is 5. The van der Waals surface area contributed by atoms with E-state index in [0.29, 0.717) is 19.4 Å². The van der Waals surface area contributed by atoms with Gasteiger partial charge in [-0.15, -0.1) is 0 Å². The van der Waals surface area contributed by atoms with Crippen LogP contribution in [0, 0.1) is 35.0 Å². The highest BCUT2D eigenvalue weighted by Crippen LogP contribution is 2.54. The number of likely N-dealkylation sites (tertiary alicyclic amines) is 1. The van der Waals surface area contributed by atoms with Crippen molar-refractivity contribution in [2.24, 2.45) is 35.0 Å². The van der Waals surface area contributed by atoms with E-state index < -0.39 is 59.0 Å². The van der Waals surface area contributed by atoms with Crippen molar-refractivity contribution in [3.63, 3.8) is 0 Å². The Morgan fingerprint density at radius 2 is 1.63 bits per heavy atom.